The van der Waals surface area contributed by atoms with Gasteiger partial charge in [-0.1, -0.05) is 0 Å². The molecule has 1 amide bonds. The van der Waals surface area contributed by atoms with Crippen LogP contribution in [0.1, 0.15) is 29.6 Å². The Morgan fingerprint density at radius 2 is 2.35 bits per heavy atom. The molecule has 5 heteroatoms. The number of aliphatic hydroxyl groups excluding tert-OH is 1. The molecule has 1 fully saturated rings. The number of carbonyl (C=O) groups excluding carboxylic acids is 1. The highest BCUT2D eigenvalue weighted by atomic mass is 16.5. The number of rotatable bonds is 4. The molecule has 92 valence electrons. The molecule has 17 heavy (non-hydrogen) atoms. The van der Waals surface area contributed by atoms with Gasteiger partial charge in [-0.25, -0.2) is 4.98 Å². The Bertz CT molecular complexity index is 393. The summed E-state index contributed by atoms with van der Waals surface area (Å²) in [6.45, 7) is -0.0116. The van der Waals surface area contributed by atoms with Crippen molar-refractivity contribution in [3.63, 3.8) is 0 Å². The van der Waals surface area contributed by atoms with Crippen LogP contribution in [-0.4, -0.2) is 35.3 Å². The van der Waals surface area contributed by atoms with Gasteiger partial charge in [-0.05, 0) is 25.3 Å². The summed E-state index contributed by atoms with van der Waals surface area (Å²) in [5.41, 5.74) is 0.0577. The molecule has 0 atom stereocenters. The smallest absolute Gasteiger partial charge is 0.253 e. The highest BCUT2D eigenvalue weighted by Crippen LogP contribution is 2.31. The number of pyridine rings is 1. The van der Waals surface area contributed by atoms with Gasteiger partial charge in [0.1, 0.15) is 0 Å². The van der Waals surface area contributed by atoms with E-state index in [9.17, 15) is 9.90 Å². The molecule has 2 N–H and O–H groups in total. The Labute approximate surface area is 99.8 Å². The van der Waals surface area contributed by atoms with E-state index in [1.54, 1.807) is 12.1 Å². The van der Waals surface area contributed by atoms with Crippen molar-refractivity contribution in [1.82, 2.24) is 10.3 Å². The van der Waals surface area contributed by atoms with Gasteiger partial charge in [0.05, 0.1) is 24.8 Å². The first kappa shape index (κ1) is 11.9. The maximum atomic E-state index is 11.9. The van der Waals surface area contributed by atoms with E-state index in [1.165, 1.54) is 13.3 Å². The minimum atomic E-state index is -0.420. The number of hydrogen-bond acceptors (Lipinski definition) is 4. The second kappa shape index (κ2) is 4.71. The maximum Gasteiger partial charge on any atom is 0.253 e. The van der Waals surface area contributed by atoms with Crippen LogP contribution in [0, 0.1) is 0 Å². The van der Waals surface area contributed by atoms with Gasteiger partial charge >= 0.3 is 0 Å². The zero-order valence-corrected chi connectivity index (χ0v) is 9.77. The summed E-state index contributed by atoms with van der Waals surface area (Å²) in [4.78, 5) is 15.9. The third-order valence-corrected chi connectivity index (χ3v) is 3.20. The Hall–Kier alpha value is -1.62. The summed E-state index contributed by atoms with van der Waals surface area (Å²) in [7, 11) is 1.52. The highest BCUT2D eigenvalue weighted by molar-refractivity contribution is 5.94. The normalized spacial score (nSPS) is 17.1. The fourth-order valence-corrected chi connectivity index (χ4v) is 1.87. The monoisotopic (exact) mass is 236 g/mol. The second-order valence-electron chi connectivity index (χ2n) is 4.34. The van der Waals surface area contributed by atoms with Gasteiger partial charge in [-0.15, -0.1) is 0 Å². The molecule has 0 saturated heterocycles. The molecule has 1 aromatic rings. The van der Waals surface area contributed by atoms with E-state index >= 15 is 0 Å². The van der Waals surface area contributed by atoms with Crippen LogP contribution in [0.5, 0.6) is 5.88 Å². The SMILES string of the molecule is COc1ccc(C(=O)NC2(CO)CCC2)cn1. The number of nitrogens with one attached hydrogen (secondary N) is 1. The van der Waals surface area contributed by atoms with E-state index in [4.69, 9.17) is 4.74 Å². The van der Waals surface area contributed by atoms with Crippen LogP contribution in [0.3, 0.4) is 0 Å². The Morgan fingerprint density at radius 3 is 2.76 bits per heavy atom. The number of ether oxygens (including phenoxy) is 1. The lowest BCUT2D eigenvalue weighted by atomic mass is 9.77. The maximum absolute atomic E-state index is 11.9. The van der Waals surface area contributed by atoms with Crippen molar-refractivity contribution in [2.75, 3.05) is 13.7 Å². The van der Waals surface area contributed by atoms with Crippen LogP contribution in [0.2, 0.25) is 0 Å². The number of nitrogens with zero attached hydrogens (tertiary/aromatic N) is 1. The third kappa shape index (κ3) is 2.39. The topological polar surface area (TPSA) is 71.5 Å². The van der Waals surface area contributed by atoms with Crippen LogP contribution >= 0.6 is 0 Å². The van der Waals surface area contributed by atoms with Crippen molar-refractivity contribution < 1.29 is 14.6 Å². The van der Waals surface area contributed by atoms with Crippen molar-refractivity contribution in [3.8, 4) is 5.88 Å². The number of methoxy groups -OCH3 is 1. The first-order chi connectivity index (χ1) is 8.19. The summed E-state index contributed by atoms with van der Waals surface area (Å²) in [6, 6.07) is 3.30. The Kier molecular flexibility index (Phi) is 3.28. The minimum Gasteiger partial charge on any atom is -0.481 e. The van der Waals surface area contributed by atoms with Gasteiger partial charge in [0.15, 0.2) is 0 Å². The predicted molar refractivity (Wildman–Crippen MR) is 61.9 cm³/mol. The molecule has 0 spiro atoms. The third-order valence-electron chi connectivity index (χ3n) is 3.20. The van der Waals surface area contributed by atoms with E-state index in [0.717, 1.165) is 19.3 Å². The summed E-state index contributed by atoms with van der Waals surface area (Å²) < 4.78 is 4.92. The van der Waals surface area contributed by atoms with Gasteiger partial charge in [0.25, 0.3) is 5.91 Å². The molecular weight excluding hydrogens is 220 g/mol. The average molecular weight is 236 g/mol. The lowest BCUT2D eigenvalue weighted by Gasteiger charge is -2.40. The van der Waals surface area contributed by atoms with E-state index in [1.807, 2.05) is 0 Å². The molecule has 1 aliphatic carbocycles. The zero-order valence-electron chi connectivity index (χ0n) is 9.77. The van der Waals surface area contributed by atoms with E-state index in [2.05, 4.69) is 10.3 Å². The highest BCUT2D eigenvalue weighted by Gasteiger charge is 2.37. The molecule has 0 radical (unpaired) electrons. The lowest BCUT2D eigenvalue weighted by Crippen LogP contribution is -2.56. The number of carbonyl (C=O) groups is 1. The largest absolute Gasteiger partial charge is 0.481 e. The zero-order chi connectivity index (χ0) is 12.3. The van der Waals surface area contributed by atoms with E-state index in [0.29, 0.717) is 11.4 Å². The van der Waals surface area contributed by atoms with Crippen molar-refractivity contribution in [2.45, 2.75) is 24.8 Å². The quantitative estimate of drug-likeness (QED) is 0.808. The summed E-state index contributed by atoms with van der Waals surface area (Å²) in [5, 5.41) is 12.1. The standard InChI is InChI=1S/C12H16N2O3/c1-17-10-4-3-9(7-13-10)11(16)14-12(8-15)5-2-6-12/h3-4,7,15H,2,5-6,8H2,1H3,(H,14,16). The fraction of sp³-hybridized carbons (Fsp3) is 0.500. The van der Waals surface area contributed by atoms with E-state index in [-0.39, 0.29) is 12.5 Å². The fourth-order valence-electron chi connectivity index (χ4n) is 1.87. The van der Waals surface area contributed by atoms with Crippen molar-refractivity contribution in [2.24, 2.45) is 0 Å². The van der Waals surface area contributed by atoms with Gasteiger partial charge in [0.2, 0.25) is 5.88 Å². The van der Waals surface area contributed by atoms with Gasteiger partial charge < -0.3 is 15.2 Å². The molecule has 1 aliphatic rings. The first-order valence-corrected chi connectivity index (χ1v) is 5.62. The molecule has 0 aromatic carbocycles. The molecule has 5 nitrogen and oxygen atoms in total. The van der Waals surface area contributed by atoms with Crippen molar-refractivity contribution in [3.05, 3.63) is 23.9 Å². The molecule has 1 aromatic heterocycles. The predicted octanol–water partition coefficient (Wildman–Crippen LogP) is 0.735. The molecule has 1 saturated carbocycles. The molecule has 0 bridgehead atoms. The number of hydrogen-bond donors (Lipinski definition) is 2. The molecule has 1 heterocycles. The Balaban J connectivity index is 2.03. The lowest BCUT2D eigenvalue weighted by molar-refractivity contribution is 0.0641. The van der Waals surface area contributed by atoms with Crippen LogP contribution in [-0.2, 0) is 0 Å². The first-order valence-electron chi connectivity index (χ1n) is 5.62. The van der Waals surface area contributed by atoms with Crippen LogP contribution < -0.4 is 10.1 Å². The number of amides is 1. The van der Waals surface area contributed by atoms with Crippen molar-refractivity contribution >= 4 is 5.91 Å². The molecule has 0 aliphatic heterocycles. The van der Waals surface area contributed by atoms with Crippen LogP contribution in [0.25, 0.3) is 0 Å². The molecular formula is C12H16N2O3. The molecule has 2 rings (SSSR count). The van der Waals surface area contributed by atoms with Crippen molar-refractivity contribution in [1.29, 1.82) is 0 Å². The minimum absolute atomic E-state index is 0.0116. The van der Waals surface area contributed by atoms with E-state index < -0.39 is 5.54 Å². The summed E-state index contributed by atoms with van der Waals surface area (Å²) >= 11 is 0. The summed E-state index contributed by atoms with van der Waals surface area (Å²) in [5.74, 6) is 0.274. The average Bonchev–Trinajstić information content (AvgIpc) is 2.33. The van der Waals surface area contributed by atoms with Crippen LogP contribution in [0.15, 0.2) is 18.3 Å². The number of aliphatic hydroxyl groups is 1. The van der Waals surface area contributed by atoms with Gasteiger partial charge in [0, 0.05) is 12.3 Å². The molecule has 0 unspecified atom stereocenters. The van der Waals surface area contributed by atoms with Crippen LogP contribution in [0.4, 0.5) is 0 Å². The summed E-state index contributed by atoms with van der Waals surface area (Å²) in [6.07, 6.45) is 4.18. The Morgan fingerprint density at radius 1 is 1.59 bits per heavy atom. The van der Waals surface area contributed by atoms with Gasteiger partial charge in [-0.3, -0.25) is 4.79 Å². The second-order valence-corrected chi connectivity index (χ2v) is 4.34. The van der Waals surface area contributed by atoms with Gasteiger partial charge in [-0.2, -0.15) is 0 Å². The number of aromatic nitrogens is 1.